The first kappa shape index (κ1) is 17.6. The van der Waals surface area contributed by atoms with E-state index >= 15 is 0 Å². The van der Waals surface area contributed by atoms with Crippen molar-refractivity contribution in [2.75, 3.05) is 7.11 Å². The molecule has 1 atom stereocenters. The number of esters is 1. The van der Waals surface area contributed by atoms with E-state index in [9.17, 15) is 9.59 Å². The minimum Gasteiger partial charge on any atom is -0.467 e. The van der Waals surface area contributed by atoms with E-state index in [1.54, 1.807) is 18.3 Å². The lowest BCUT2D eigenvalue weighted by atomic mass is 9.96. The van der Waals surface area contributed by atoms with Crippen LogP contribution in [0.5, 0.6) is 0 Å². The van der Waals surface area contributed by atoms with Crippen molar-refractivity contribution in [2.45, 2.75) is 38.6 Å². The zero-order chi connectivity index (χ0) is 16.9. The molecule has 0 aliphatic carbocycles. The Kier molecular flexibility index (Phi) is 5.90. The van der Waals surface area contributed by atoms with Gasteiger partial charge in [-0.25, -0.2) is 9.78 Å². The number of hydrogen-bond acceptors (Lipinski definition) is 6. The second-order valence-corrected chi connectivity index (χ2v) is 7.23. The number of aromatic nitrogens is 1. The van der Waals surface area contributed by atoms with Gasteiger partial charge < -0.3 is 10.1 Å². The topological polar surface area (TPSA) is 68.3 Å². The average molecular weight is 352 g/mol. The van der Waals surface area contributed by atoms with Crippen LogP contribution in [0, 0.1) is 0 Å². The van der Waals surface area contributed by atoms with Gasteiger partial charge in [-0.2, -0.15) is 0 Å². The van der Waals surface area contributed by atoms with Gasteiger partial charge in [0, 0.05) is 5.38 Å². The average Bonchev–Trinajstić information content (AvgIpc) is 3.17. The standard InChI is InChI=1S/C16H20N2O3S2/c1-4-7-16(2,15(20)21-3)18-13(19)9-11-10-23-14(17-11)12-6-5-8-22-12/h5-6,8,10H,4,7,9H2,1-3H3,(H,18,19). The Balaban J connectivity index is 2.02. The fourth-order valence-corrected chi connectivity index (χ4v) is 3.99. The van der Waals surface area contributed by atoms with Crippen LogP contribution in [-0.2, 0) is 20.7 Å². The molecule has 0 aliphatic heterocycles. The van der Waals surface area contributed by atoms with E-state index in [1.165, 1.54) is 18.4 Å². The molecule has 0 saturated heterocycles. The van der Waals surface area contributed by atoms with Crippen molar-refractivity contribution in [3.63, 3.8) is 0 Å². The largest absolute Gasteiger partial charge is 0.467 e. The Bertz CT molecular complexity index is 667. The Morgan fingerprint density at radius 2 is 2.17 bits per heavy atom. The molecule has 0 spiro atoms. The lowest BCUT2D eigenvalue weighted by Gasteiger charge is -2.27. The van der Waals surface area contributed by atoms with Gasteiger partial charge in [0.15, 0.2) is 0 Å². The summed E-state index contributed by atoms with van der Waals surface area (Å²) in [5, 5.41) is 7.58. The number of ether oxygens (including phenoxy) is 1. The number of nitrogens with zero attached hydrogens (tertiary/aromatic N) is 1. The highest BCUT2D eigenvalue weighted by atomic mass is 32.1. The van der Waals surface area contributed by atoms with Gasteiger partial charge in [0.2, 0.25) is 5.91 Å². The first-order valence-corrected chi connectivity index (χ1v) is 9.12. The normalized spacial score (nSPS) is 13.3. The van der Waals surface area contributed by atoms with Crippen molar-refractivity contribution in [3.8, 4) is 9.88 Å². The van der Waals surface area contributed by atoms with E-state index < -0.39 is 11.5 Å². The van der Waals surface area contributed by atoms with Crippen LogP contribution in [0.4, 0.5) is 0 Å². The van der Waals surface area contributed by atoms with Crippen molar-refractivity contribution in [2.24, 2.45) is 0 Å². The molecule has 1 unspecified atom stereocenters. The third-order valence-electron chi connectivity index (χ3n) is 3.43. The van der Waals surface area contributed by atoms with Gasteiger partial charge in [-0.15, -0.1) is 22.7 Å². The summed E-state index contributed by atoms with van der Waals surface area (Å²) in [7, 11) is 1.33. The molecule has 0 fully saturated rings. The molecule has 0 saturated carbocycles. The summed E-state index contributed by atoms with van der Waals surface area (Å²) in [6.07, 6.45) is 1.45. The fraction of sp³-hybridized carbons (Fsp3) is 0.438. The summed E-state index contributed by atoms with van der Waals surface area (Å²) in [4.78, 5) is 29.8. The third kappa shape index (κ3) is 4.39. The predicted molar refractivity (Wildman–Crippen MR) is 92.6 cm³/mol. The molecule has 124 valence electrons. The van der Waals surface area contributed by atoms with E-state index in [2.05, 4.69) is 10.3 Å². The Morgan fingerprint density at radius 1 is 1.39 bits per heavy atom. The van der Waals surface area contributed by atoms with Crippen LogP contribution in [0.1, 0.15) is 32.4 Å². The van der Waals surface area contributed by atoms with Crippen LogP contribution in [0.25, 0.3) is 9.88 Å². The number of carbonyl (C=O) groups is 2. The molecular formula is C16H20N2O3S2. The molecule has 2 rings (SSSR count). The molecule has 0 radical (unpaired) electrons. The van der Waals surface area contributed by atoms with Crippen molar-refractivity contribution in [1.29, 1.82) is 0 Å². The summed E-state index contributed by atoms with van der Waals surface area (Å²) in [5.41, 5.74) is -0.285. The van der Waals surface area contributed by atoms with Gasteiger partial charge in [-0.3, -0.25) is 4.79 Å². The molecule has 2 heterocycles. The van der Waals surface area contributed by atoms with Gasteiger partial charge >= 0.3 is 5.97 Å². The molecule has 2 aromatic rings. The quantitative estimate of drug-likeness (QED) is 0.777. The highest BCUT2D eigenvalue weighted by Crippen LogP contribution is 2.28. The first-order valence-electron chi connectivity index (χ1n) is 7.36. The predicted octanol–water partition coefficient (Wildman–Crippen LogP) is 3.26. The Hall–Kier alpha value is -1.73. The van der Waals surface area contributed by atoms with Crippen LogP contribution < -0.4 is 5.32 Å². The Morgan fingerprint density at radius 3 is 2.78 bits per heavy atom. The maximum Gasteiger partial charge on any atom is 0.331 e. The number of nitrogens with one attached hydrogen (secondary N) is 1. The highest BCUT2D eigenvalue weighted by Gasteiger charge is 2.35. The SMILES string of the molecule is CCCC(C)(NC(=O)Cc1csc(-c2cccs2)n1)C(=O)OC. The Labute approximate surface area is 143 Å². The van der Waals surface area contributed by atoms with Crippen LogP contribution in [0.15, 0.2) is 22.9 Å². The monoisotopic (exact) mass is 352 g/mol. The molecule has 23 heavy (non-hydrogen) atoms. The van der Waals surface area contributed by atoms with Crippen molar-refractivity contribution >= 4 is 34.6 Å². The molecule has 0 bridgehead atoms. The second kappa shape index (κ2) is 7.70. The summed E-state index contributed by atoms with van der Waals surface area (Å²) < 4.78 is 4.81. The van der Waals surface area contributed by atoms with Crippen molar-refractivity contribution in [1.82, 2.24) is 10.3 Å². The molecule has 0 aromatic carbocycles. The zero-order valence-electron chi connectivity index (χ0n) is 13.4. The zero-order valence-corrected chi connectivity index (χ0v) is 15.1. The van der Waals surface area contributed by atoms with E-state index in [-0.39, 0.29) is 12.3 Å². The van der Waals surface area contributed by atoms with Crippen LogP contribution in [0.3, 0.4) is 0 Å². The molecule has 5 nitrogen and oxygen atoms in total. The molecule has 0 aliphatic rings. The molecule has 2 aromatic heterocycles. The van der Waals surface area contributed by atoms with E-state index in [1.807, 2.05) is 29.8 Å². The van der Waals surface area contributed by atoms with Crippen molar-refractivity contribution < 1.29 is 14.3 Å². The highest BCUT2D eigenvalue weighted by molar-refractivity contribution is 7.20. The van der Waals surface area contributed by atoms with E-state index in [4.69, 9.17) is 4.74 Å². The fourth-order valence-electron chi connectivity index (χ4n) is 2.36. The van der Waals surface area contributed by atoms with Crippen LogP contribution in [-0.4, -0.2) is 29.5 Å². The molecular weight excluding hydrogens is 332 g/mol. The lowest BCUT2D eigenvalue weighted by Crippen LogP contribution is -2.53. The minimum atomic E-state index is -0.993. The number of thiophene rings is 1. The number of hydrogen-bond donors (Lipinski definition) is 1. The van der Waals surface area contributed by atoms with Crippen LogP contribution >= 0.6 is 22.7 Å². The van der Waals surface area contributed by atoms with Gasteiger partial charge in [-0.05, 0) is 24.8 Å². The first-order chi connectivity index (χ1) is 11.0. The van der Waals surface area contributed by atoms with Gasteiger partial charge in [-0.1, -0.05) is 19.4 Å². The smallest absolute Gasteiger partial charge is 0.331 e. The maximum atomic E-state index is 12.3. The minimum absolute atomic E-state index is 0.151. The molecule has 7 heteroatoms. The number of amides is 1. The number of thiazole rings is 1. The third-order valence-corrected chi connectivity index (χ3v) is 5.36. The number of methoxy groups -OCH3 is 1. The molecule has 1 N–H and O–H groups in total. The van der Waals surface area contributed by atoms with Crippen LogP contribution in [0.2, 0.25) is 0 Å². The van der Waals surface area contributed by atoms with Gasteiger partial charge in [0.25, 0.3) is 0 Å². The summed E-state index contributed by atoms with van der Waals surface area (Å²) in [6.45, 7) is 3.65. The van der Waals surface area contributed by atoms with Gasteiger partial charge in [0.05, 0.1) is 24.1 Å². The summed E-state index contributed by atoms with van der Waals surface area (Å²) in [5.74, 6) is -0.653. The summed E-state index contributed by atoms with van der Waals surface area (Å²) in [6, 6.07) is 3.98. The number of rotatable bonds is 7. The molecule has 1 amide bonds. The van der Waals surface area contributed by atoms with Gasteiger partial charge in [0.1, 0.15) is 10.5 Å². The maximum absolute atomic E-state index is 12.3. The van der Waals surface area contributed by atoms with E-state index in [0.29, 0.717) is 12.1 Å². The summed E-state index contributed by atoms with van der Waals surface area (Å²) >= 11 is 3.13. The number of carbonyl (C=O) groups excluding carboxylic acids is 2. The van der Waals surface area contributed by atoms with E-state index in [0.717, 1.165) is 16.3 Å². The lowest BCUT2D eigenvalue weighted by molar-refractivity contribution is -0.150. The van der Waals surface area contributed by atoms with Crippen molar-refractivity contribution in [3.05, 3.63) is 28.6 Å². The second-order valence-electron chi connectivity index (χ2n) is 5.42.